The first-order valence-electron chi connectivity index (χ1n) is 7.14. The molecule has 1 atom stereocenters. The highest BCUT2D eigenvalue weighted by Gasteiger charge is 2.32. The number of nitrogens with one attached hydrogen (secondary N) is 1. The summed E-state index contributed by atoms with van der Waals surface area (Å²) in [5.74, 6) is 1.76. The predicted octanol–water partition coefficient (Wildman–Crippen LogP) is 2.74. The fraction of sp³-hybridized carbons (Fsp3) is 1.00. The second kappa shape index (κ2) is 7.29. The zero-order valence-corrected chi connectivity index (χ0v) is 11.6. The van der Waals surface area contributed by atoms with Gasteiger partial charge in [-0.05, 0) is 44.2 Å². The molecule has 16 heavy (non-hydrogen) atoms. The van der Waals surface area contributed by atoms with Crippen molar-refractivity contribution in [3.8, 4) is 0 Å². The normalized spacial score (nSPS) is 18.4. The second-order valence-corrected chi connectivity index (χ2v) is 5.50. The van der Waals surface area contributed by atoms with Crippen molar-refractivity contribution in [2.75, 3.05) is 26.2 Å². The molecule has 1 unspecified atom stereocenters. The quantitative estimate of drug-likeness (QED) is 0.650. The van der Waals surface area contributed by atoms with Crippen LogP contribution in [-0.2, 0) is 0 Å². The van der Waals surface area contributed by atoms with Gasteiger partial charge in [0.1, 0.15) is 0 Å². The molecule has 1 fully saturated rings. The van der Waals surface area contributed by atoms with Crippen molar-refractivity contribution in [2.24, 2.45) is 11.8 Å². The zero-order valence-electron chi connectivity index (χ0n) is 11.6. The van der Waals surface area contributed by atoms with Gasteiger partial charge in [0.2, 0.25) is 0 Å². The van der Waals surface area contributed by atoms with E-state index < -0.39 is 0 Å². The lowest BCUT2D eigenvalue weighted by Gasteiger charge is -2.25. The molecule has 96 valence electrons. The van der Waals surface area contributed by atoms with Gasteiger partial charge < -0.3 is 10.2 Å². The lowest BCUT2D eigenvalue weighted by molar-refractivity contribution is 0.268. The van der Waals surface area contributed by atoms with Crippen molar-refractivity contribution in [1.82, 2.24) is 10.2 Å². The molecule has 0 radical (unpaired) electrons. The number of likely N-dealkylation sites (N-methyl/N-ethyl adjacent to an activating group) is 1. The Balaban J connectivity index is 2.16. The minimum Gasteiger partial charge on any atom is -0.312 e. The fourth-order valence-electron chi connectivity index (χ4n) is 2.54. The van der Waals surface area contributed by atoms with Crippen LogP contribution in [-0.4, -0.2) is 37.1 Å². The molecule has 0 heterocycles. The molecular formula is C14H30N2. The summed E-state index contributed by atoms with van der Waals surface area (Å²) in [6.45, 7) is 14.0. The monoisotopic (exact) mass is 226 g/mol. The van der Waals surface area contributed by atoms with Crippen LogP contribution in [0.1, 0.15) is 47.0 Å². The molecule has 0 spiro atoms. The van der Waals surface area contributed by atoms with Gasteiger partial charge in [0.05, 0.1) is 0 Å². The summed E-state index contributed by atoms with van der Waals surface area (Å²) in [5.41, 5.74) is 0. The van der Waals surface area contributed by atoms with Crippen LogP contribution in [0.15, 0.2) is 0 Å². The average molecular weight is 226 g/mol. The summed E-state index contributed by atoms with van der Waals surface area (Å²) in [6.07, 6.45) is 4.16. The zero-order chi connectivity index (χ0) is 12.0. The second-order valence-electron chi connectivity index (χ2n) is 5.50. The number of rotatable bonds is 9. The third-order valence-electron chi connectivity index (χ3n) is 3.64. The van der Waals surface area contributed by atoms with Crippen LogP contribution < -0.4 is 5.32 Å². The Hall–Kier alpha value is -0.0800. The lowest BCUT2D eigenvalue weighted by atomic mass is 10.00. The van der Waals surface area contributed by atoms with Crippen molar-refractivity contribution in [1.29, 1.82) is 0 Å². The minimum absolute atomic E-state index is 0.764. The summed E-state index contributed by atoms with van der Waals surface area (Å²) < 4.78 is 0. The molecule has 0 aromatic rings. The topological polar surface area (TPSA) is 15.3 Å². The van der Waals surface area contributed by atoms with Crippen LogP contribution in [0.4, 0.5) is 0 Å². The molecule has 0 aromatic carbocycles. The highest BCUT2D eigenvalue weighted by atomic mass is 15.1. The van der Waals surface area contributed by atoms with E-state index >= 15 is 0 Å². The Morgan fingerprint density at radius 1 is 1.19 bits per heavy atom. The smallest absolute Gasteiger partial charge is 0.0119 e. The first-order chi connectivity index (χ1) is 7.69. The van der Waals surface area contributed by atoms with E-state index in [0.717, 1.165) is 24.4 Å². The van der Waals surface area contributed by atoms with Crippen molar-refractivity contribution < 1.29 is 0 Å². The average Bonchev–Trinajstić information content (AvgIpc) is 3.06. The van der Waals surface area contributed by atoms with Gasteiger partial charge in [-0.2, -0.15) is 0 Å². The molecule has 1 N–H and O–H groups in total. The van der Waals surface area contributed by atoms with Gasteiger partial charge in [0.25, 0.3) is 0 Å². The predicted molar refractivity (Wildman–Crippen MR) is 71.8 cm³/mol. The molecule has 1 saturated carbocycles. The van der Waals surface area contributed by atoms with Gasteiger partial charge in [-0.1, -0.05) is 27.7 Å². The van der Waals surface area contributed by atoms with E-state index in [-0.39, 0.29) is 0 Å². The van der Waals surface area contributed by atoms with E-state index in [1.165, 1.54) is 38.9 Å². The first kappa shape index (κ1) is 14.0. The third kappa shape index (κ3) is 4.84. The first-order valence-corrected chi connectivity index (χ1v) is 7.14. The number of hydrogen-bond donors (Lipinski definition) is 1. The summed E-state index contributed by atoms with van der Waals surface area (Å²) in [5, 5.41) is 3.76. The largest absolute Gasteiger partial charge is 0.312 e. The highest BCUT2D eigenvalue weighted by molar-refractivity contribution is 4.88. The number of hydrogen-bond acceptors (Lipinski definition) is 2. The molecule has 1 aliphatic carbocycles. The lowest BCUT2D eigenvalue weighted by Crippen LogP contribution is -2.41. The van der Waals surface area contributed by atoms with Crippen LogP contribution in [0.5, 0.6) is 0 Å². The summed E-state index contributed by atoms with van der Waals surface area (Å²) in [7, 11) is 0. The Labute approximate surface area is 102 Å². The van der Waals surface area contributed by atoms with Crippen molar-refractivity contribution in [2.45, 2.75) is 53.0 Å². The Morgan fingerprint density at radius 3 is 2.31 bits per heavy atom. The molecule has 0 amide bonds. The van der Waals surface area contributed by atoms with Crippen LogP contribution in [0.3, 0.4) is 0 Å². The molecule has 0 aliphatic heterocycles. The van der Waals surface area contributed by atoms with E-state index in [0.29, 0.717) is 0 Å². The van der Waals surface area contributed by atoms with Gasteiger partial charge in [0.15, 0.2) is 0 Å². The molecule has 0 bridgehead atoms. The van der Waals surface area contributed by atoms with Gasteiger partial charge in [-0.15, -0.1) is 0 Å². The Kier molecular flexibility index (Phi) is 6.37. The van der Waals surface area contributed by atoms with E-state index in [4.69, 9.17) is 0 Å². The maximum atomic E-state index is 3.76. The maximum Gasteiger partial charge on any atom is 0.0119 e. The van der Waals surface area contributed by atoms with Gasteiger partial charge >= 0.3 is 0 Å². The highest BCUT2D eigenvalue weighted by Crippen LogP contribution is 2.35. The van der Waals surface area contributed by atoms with Crippen LogP contribution in [0.2, 0.25) is 0 Å². The summed E-state index contributed by atoms with van der Waals surface area (Å²) >= 11 is 0. The molecule has 1 aliphatic rings. The van der Waals surface area contributed by atoms with E-state index in [9.17, 15) is 0 Å². The van der Waals surface area contributed by atoms with E-state index in [2.05, 4.69) is 37.9 Å². The van der Waals surface area contributed by atoms with Crippen molar-refractivity contribution in [3.05, 3.63) is 0 Å². The Bertz CT molecular complexity index is 174. The van der Waals surface area contributed by atoms with E-state index in [1.54, 1.807) is 0 Å². The van der Waals surface area contributed by atoms with Crippen LogP contribution >= 0.6 is 0 Å². The van der Waals surface area contributed by atoms with Crippen molar-refractivity contribution in [3.63, 3.8) is 0 Å². The summed E-state index contributed by atoms with van der Waals surface area (Å²) in [6, 6.07) is 0.764. The standard InChI is InChI=1S/C14H30N2/c1-5-10-16(6-2)11-9-15-14(12(3)4)13-7-8-13/h12-15H,5-11H2,1-4H3. The Morgan fingerprint density at radius 2 is 1.88 bits per heavy atom. The summed E-state index contributed by atoms with van der Waals surface area (Å²) in [4.78, 5) is 2.54. The molecule has 2 nitrogen and oxygen atoms in total. The molecule has 0 aromatic heterocycles. The van der Waals surface area contributed by atoms with Crippen LogP contribution in [0.25, 0.3) is 0 Å². The third-order valence-corrected chi connectivity index (χ3v) is 3.64. The molecular weight excluding hydrogens is 196 g/mol. The van der Waals surface area contributed by atoms with Crippen molar-refractivity contribution >= 4 is 0 Å². The SMILES string of the molecule is CCCN(CC)CCNC(C(C)C)C1CC1. The molecule has 2 heteroatoms. The fourth-order valence-corrected chi connectivity index (χ4v) is 2.54. The van der Waals surface area contributed by atoms with Crippen LogP contribution in [0, 0.1) is 11.8 Å². The molecule has 0 saturated heterocycles. The maximum absolute atomic E-state index is 3.76. The molecule has 1 rings (SSSR count). The number of nitrogens with zero attached hydrogens (tertiary/aromatic N) is 1. The van der Waals surface area contributed by atoms with Gasteiger partial charge in [-0.25, -0.2) is 0 Å². The minimum atomic E-state index is 0.764. The van der Waals surface area contributed by atoms with E-state index in [1.807, 2.05) is 0 Å². The van der Waals surface area contributed by atoms with Gasteiger partial charge in [-0.3, -0.25) is 0 Å². The van der Waals surface area contributed by atoms with Gasteiger partial charge in [0, 0.05) is 19.1 Å².